The molecule has 108 valence electrons. The van der Waals surface area contributed by atoms with Crippen LogP contribution in [-0.4, -0.2) is 18.6 Å². The van der Waals surface area contributed by atoms with Crippen LogP contribution in [0.1, 0.15) is 34.0 Å². The molecular formula is C17H16ClNO2. The second kappa shape index (κ2) is 6.55. The average molecular weight is 302 g/mol. The van der Waals surface area contributed by atoms with Gasteiger partial charge >= 0.3 is 0 Å². The van der Waals surface area contributed by atoms with E-state index in [0.717, 1.165) is 11.1 Å². The molecular weight excluding hydrogens is 286 g/mol. The summed E-state index contributed by atoms with van der Waals surface area (Å²) in [4.78, 5) is 17.6. The maximum absolute atomic E-state index is 12.8. The Hall–Kier alpha value is -2.13. The van der Waals surface area contributed by atoms with Crippen molar-refractivity contribution >= 4 is 23.1 Å². The highest BCUT2D eigenvalue weighted by Crippen LogP contribution is 2.22. The molecule has 0 spiro atoms. The molecule has 2 rings (SSSR count). The fraction of sp³-hybridized carbons (Fsp3) is 0.176. The molecule has 0 unspecified atom stereocenters. The van der Waals surface area contributed by atoms with Gasteiger partial charge in [-0.1, -0.05) is 47.1 Å². The first-order chi connectivity index (χ1) is 10.0. The number of carbonyl (C=O) groups excluding carboxylic acids is 1. The lowest BCUT2D eigenvalue weighted by atomic mass is 9.94. The Kier molecular flexibility index (Phi) is 4.76. The van der Waals surface area contributed by atoms with Crippen LogP contribution in [0, 0.1) is 6.92 Å². The van der Waals surface area contributed by atoms with Gasteiger partial charge in [0.25, 0.3) is 0 Å². The van der Waals surface area contributed by atoms with Gasteiger partial charge in [-0.05, 0) is 31.5 Å². The minimum atomic E-state index is -0.0729. The second-order valence-corrected chi connectivity index (χ2v) is 5.13. The van der Waals surface area contributed by atoms with Gasteiger partial charge in [0.1, 0.15) is 7.11 Å². The van der Waals surface area contributed by atoms with E-state index in [1.165, 1.54) is 7.11 Å². The largest absolute Gasteiger partial charge is 0.399 e. The number of hydrogen-bond donors (Lipinski definition) is 0. The minimum absolute atomic E-state index is 0.0729. The van der Waals surface area contributed by atoms with E-state index in [1.54, 1.807) is 25.1 Å². The van der Waals surface area contributed by atoms with Crippen LogP contribution in [0.2, 0.25) is 5.02 Å². The van der Waals surface area contributed by atoms with Crippen LogP contribution in [0.15, 0.2) is 47.6 Å². The van der Waals surface area contributed by atoms with Crippen molar-refractivity contribution in [1.29, 1.82) is 0 Å². The lowest BCUT2D eigenvalue weighted by Crippen LogP contribution is -2.10. The number of ketones is 1. The molecule has 0 atom stereocenters. The van der Waals surface area contributed by atoms with Crippen molar-refractivity contribution in [3.05, 3.63) is 69.7 Å². The van der Waals surface area contributed by atoms with Crippen LogP contribution < -0.4 is 0 Å². The summed E-state index contributed by atoms with van der Waals surface area (Å²) in [5.74, 6) is -0.0729. The maximum Gasteiger partial charge on any atom is 0.194 e. The summed E-state index contributed by atoms with van der Waals surface area (Å²) in [6, 6.07) is 12.7. The lowest BCUT2D eigenvalue weighted by Gasteiger charge is -2.10. The maximum atomic E-state index is 12.8. The summed E-state index contributed by atoms with van der Waals surface area (Å²) in [6.45, 7) is 3.70. The van der Waals surface area contributed by atoms with Gasteiger partial charge in [0.05, 0.1) is 5.71 Å². The third kappa shape index (κ3) is 3.31. The monoisotopic (exact) mass is 301 g/mol. The van der Waals surface area contributed by atoms with Crippen LogP contribution in [-0.2, 0) is 4.84 Å². The number of oxime groups is 1. The minimum Gasteiger partial charge on any atom is -0.399 e. The van der Waals surface area contributed by atoms with Crippen LogP contribution >= 0.6 is 11.6 Å². The molecule has 0 saturated carbocycles. The SMILES string of the molecule is CO/N=C(\C)c1ccc(Cl)cc1C(=O)c1ccccc1C. The van der Waals surface area contributed by atoms with Crippen molar-refractivity contribution in [3.8, 4) is 0 Å². The van der Waals surface area contributed by atoms with Crippen LogP contribution in [0.5, 0.6) is 0 Å². The first-order valence-electron chi connectivity index (χ1n) is 6.52. The smallest absolute Gasteiger partial charge is 0.194 e. The molecule has 2 aromatic carbocycles. The first kappa shape index (κ1) is 15.3. The molecule has 2 aromatic rings. The van der Waals surface area contributed by atoms with Crippen LogP contribution in [0.4, 0.5) is 0 Å². The van der Waals surface area contributed by atoms with Crippen molar-refractivity contribution in [1.82, 2.24) is 0 Å². The average Bonchev–Trinajstić information content (AvgIpc) is 2.47. The molecule has 0 fully saturated rings. The van der Waals surface area contributed by atoms with E-state index >= 15 is 0 Å². The fourth-order valence-electron chi connectivity index (χ4n) is 2.18. The molecule has 0 amide bonds. The standard InChI is InChI=1S/C17H16ClNO2/c1-11-6-4-5-7-14(11)17(20)16-10-13(18)8-9-15(16)12(2)19-21-3/h4-10H,1-3H3/b19-12+. The number of halogens is 1. The number of aryl methyl sites for hydroxylation is 1. The summed E-state index contributed by atoms with van der Waals surface area (Å²) in [5, 5.41) is 4.42. The molecule has 0 N–H and O–H groups in total. The summed E-state index contributed by atoms with van der Waals surface area (Å²) in [6.07, 6.45) is 0. The van der Waals surface area contributed by atoms with Crippen molar-refractivity contribution in [2.24, 2.45) is 5.16 Å². The van der Waals surface area contributed by atoms with E-state index in [9.17, 15) is 4.79 Å². The predicted octanol–water partition coefficient (Wildman–Crippen LogP) is 4.25. The molecule has 0 aromatic heterocycles. The zero-order valence-corrected chi connectivity index (χ0v) is 12.9. The summed E-state index contributed by atoms with van der Waals surface area (Å²) in [5.41, 5.74) is 3.46. The predicted molar refractivity (Wildman–Crippen MR) is 85.3 cm³/mol. The third-order valence-corrected chi connectivity index (χ3v) is 3.47. The Labute approximate surface area is 129 Å². The molecule has 3 nitrogen and oxygen atoms in total. The number of carbonyl (C=O) groups is 1. The summed E-state index contributed by atoms with van der Waals surface area (Å²) < 4.78 is 0. The summed E-state index contributed by atoms with van der Waals surface area (Å²) >= 11 is 6.05. The zero-order valence-electron chi connectivity index (χ0n) is 12.2. The van der Waals surface area contributed by atoms with E-state index in [0.29, 0.717) is 21.9 Å². The quantitative estimate of drug-likeness (QED) is 0.481. The van der Waals surface area contributed by atoms with Crippen molar-refractivity contribution in [2.45, 2.75) is 13.8 Å². The Morgan fingerprint density at radius 1 is 1.10 bits per heavy atom. The molecule has 0 aliphatic carbocycles. The van der Waals surface area contributed by atoms with E-state index in [4.69, 9.17) is 16.4 Å². The Morgan fingerprint density at radius 3 is 2.48 bits per heavy atom. The number of hydrogen-bond acceptors (Lipinski definition) is 3. The third-order valence-electron chi connectivity index (χ3n) is 3.23. The summed E-state index contributed by atoms with van der Waals surface area (Å²) in [7, 11) is 1.47. The van der Waals surface area contributed by atoms with Gasteiger partial charge in [-0.15, -0.1) is 0 Å². The molecule has 0 bridgehead atoms. The Morgan fingerprint density at radius 2 is 1.81 bits per heavy atom. The molecule has 0 aliphatic heterocycles. The Bertz CT molecular complexity index is 708. The fourth-order valence-corrected chi connectivity index (χ4v) is 2.35. The molecule has 0 heterocycles. The van der Waals surface area contributed by atoms with Gasteiger partial charge in [-0.3, -0.25) is 4.79 Å². The number of benzene rings is 2. The van der Waals surface area contributed by atoms with Crippen molar-refractivity contribution < 1.29 is 9.63 Å². The van der Waals surface area contributed by atoms with E-state index in [1.807, 2.05) is 31.2 Å². The highest BCUT2D eigenvalue weighted by atomic mass is 35.5. The Balaban J connectivity index is 2.58. The van der Waals surface area contributed by atoms with E-state index in [-0.39, 0.29) is 5.78 Å². The molecule has 0 radical (unpaired) electrons. The van der Waals surface area contributed by atoms with Crippen LogP contribution in [0.25, 0.3) is 0 Å². The van der Waals surface area contributed by atoms with Gasteiger partial charge in [-0.25, -0.2) is 0 Å². The van der Waals surface area contributed by atoms with Gasteiger partial charge in [0, 0.05) is 21.7 Å². The highest BCUT2D eigenvalue weighted by Gasteiger charge is 2.17. The normalized spacial score (nSPS) is 11.3. The topological polar surface area (TPSA) is 38.7 Å². The van der Waals surface area contributed by atoms with Gasteiger partial charge in [-0.2, -0.15) is 0 Å². The highest BCUT2D eigenvalue weighted by molar-refractivity contribution is 6.31. The van der Waals surface area contributed by atoms with Gasteiger partial charge in [0.2, 0.25) is 0 Å². The van der Waals surface area contributed by atoms with Gasteiger partial charge in [0.15, 0.2) is 5.78 Å². The van der Waals surface area contributed by atoms with E-state index < -0.39 is 0 Å². The van der Waals surface area contributed by atoms with Crippen molar-refractivity contribution in [2.75, 3.05) is 7.11 Å². The zero-order chi connectivity index (χ0) is 15.4. The van der Waals surface area contributed by atoms with Crippen LogP contribution in [0.3, 0.4) is 0 Å². The number of rotatable bonds is 4. The molecule has 0 saturated heterocycles. The molecule has 21 heavy (non-hydrogen) atoms. The number of nitrogens with zero attached hydrogens (tertiary/aromatic N) is 1. The molecule has 0 aliphatic rings. The van der Waals surface area contributed by atoms with Gasteiger partial charge < -0.3 is 4.84 Å². The lowest BCUT2D eigenvalue weighted by molar-refractivity contribution is 0.103. The molecule has 4 heteroatoms. The van der Waals surface area contributed by atoms with E-state index in [2.05, 4.69) is 5.16 Å². The second-order valence-electron chi connectivity index (χ2n) is 4.69. The van der Waals surface area contributed by atoms with Crippen molar-refractivity contribution in [3.63, 3.8) is 0 Å². The first-order valence-corrected chi connectivity index (χ1v) is 6.90.